The van der Waals surface area contributed by atoms with Gasteiger partial charge in [0.15, 0.2) is 11.5 Å². The van der Waals surface area contributed by atoms with Gasteiger partial charge < -0.3 is 20.2 Å². The molecule has 102 valence electrons. The molecule has 0 bridgehead atoms. The first-order valence-corrected chi connectivity index (χ1v) is 5.97. The largest absolute Gasteiger partial charge is 0.493 e. The second-order valence-corrected chi connectivity index (χ2v) is 4.36. The Hall–Kier alpha value is -2.76. The number of aromatic nitrogens is 2. The summed E-state index contributed by atoms with van der Waals surface area (Å²) >= 11 is 0. The highest BCUT2D eigenvalue weighted by Gasteiger charge is 2.11. The van der Waals surface area contributed by atoms with E-state index in [4.69, 9.17) is 15.2 Å². The van der Waals surface area contributed by atoms with E-state index in [0.717, 1.165) is 10.8 Å². The Bertz CT molecular complexity index is 871. The van der Waals surface area contributed by atoms with E-state index in [1.807, 2.05) is 0 Å². The predicted octanol–water partition coefficient (Wildman–Crippen LogP) is 1.68. The molecule has 0 radical (unpaired) electrons. The van der Waals surface area contributed by atoms with Crippen LogP contribution >= 0.6 is 0 Å². The lowest BCUT2D eigenvalue weighted by Crippen LogP contribution is -2.07. The molecule has 20 heavy (non-hydrogen) atoms. The molecule has 6 heteroatoms. The number of nitrogens with one attached hydrogen (secondary N) is 1. The Labute approximate surface area is 114 Å². The van der Waals surface area contributed by atoms with Crippen LogP contribution in [0.2, 0.25) is 0 Å². The number of rotatable bonds is 2. The molecule has 3 aromatic rings. The van der Waals surface area contributed by atoms with E-state index in [-0.39, 0.29) is 5.56 Å². The molecule has 0 atom stereocenters. The molecule has 0 aliphatic rings. The first-order valence-electron chi connectivity index (χ1n) is 5.97. The van der Waals surface area contributed by atoms with Gasteiger partial charge in [0.25, 0.3) is 0 Å². The quantitative estimate of drug-likeness (QED) is 0.692. The Morgan fingerprint density at radius 2 is 1.75 bits per heavy atom. The molecule has 0 amide bonds. The van der Waals surface area contributed by atoms with Crippen LogP contribution in [0.3, 0.4) is 0 Å². The summed E-state index contributed by atoms with van der Waals surface area (Å²) in [6, 6.07) is 5.06. The van der Waals surface area contributed by atoms with Crippen molar-refractivity contribution in [2.45, 2.75) is 0 Å². The summed E-state index contributed by atoms with van der Waals surface area (Å²) in [7, 11) is 3.12. The lowest BCUT2D eigenvalue weighted by molar-refractivity contribution is 0.356. The summed E-state index contributed by atoms with van der Waals surface area (Å²) in [4.78, 5) is 18.5. The number of H-pyrrole nitrogens is 1. The van der Waals surface area contributed by atoms with Crippen molar-refractivity contribution < 1.29 is 9.47 Å². The van der Waals surface area contributed by atoms with Gasteiger partial charge in [-0.3, -0.25) is 9.78 Å². The van der Waals surface area contributed by atoms with Crippen molar-refractivity contribution in [2.75, 3.05) is 20.0 Å². The smallest absolute Gasteiger partial charge is 0.250 e. The van der Waals surface area contributed by atoms with E-state index >= 15 is 0 Å². The van der Waals surface area contributed by atoms with Gasteiger partial charge in [-0.2, -0.15) is 0 Å². The summed E-state index contributed by atoms with van der Waals surface area (Å²) in [6.07, 6.45) is 1.63. The maximum Gasteiger partial charge on any atom is 0.250 e. The number of nitrogens with zero attached hydrogens (tertiary/aromatic N) is 1. The van der Waals surface area contributed by atoms with Crippen LogP contribution in [0.4, 0.5) is 5.82 Å². The van der Waals surface area contributed by atoms with Crippen LogP contribution in [-0.4, -0.2) is 24.2 Å². The van der Waals surface area contributed by atoms with E-state index in [1.165, 1.54) is 6.07 Å². The van der Waals surface area contributed by atoms with E-state index in [0.29, 0.717) is 28.2 Å². The van der Waals surface area contributed by atoms with Gasteiger partial charge in [0.1, 0.15) is 5.82 Å². The molecule has 0 aliphatic carbocycles. The fourth-order valence-corrected chi connectivity index (χ4v) is 2.28. The maximum absolute atomic E-state index is 11.6. The molecule has 0 spiro atoms. The summed E-state index contributed by atoms with van der Waals surface area (Å²) < 4.78 is 10.5. The van der Waals surface area contributed by atoms with Crippen LogP contribution in [0.1, 0.15) is 0 Å². The van der Waals surface area contributed by atoms with Crippen molar-refractivity contribution in [1.29, 1.82) is 0 Å². The minimum Gasteiger partial charge on any atom is -0.493 e. The van der Waals surface area contributed by atoms with Gasteiger partial charge in [0, 0.05) is 34.5 Å². The predicted molar refractivity (Wildman–Crippen MR) is 77.4 cm³/mol. The van der Waals surface area contributed by atoms with Crippen LogP contribution in [0.5, 0.6) is 11.5 Å². The Morgan fingerprint density at radius 3 is 2.45 bits per heavy atom. The first-order chi connectivity index (χ1) is 9.63. The first kappa shape index (κ1) is 12.3. The van der Waals surface area contributed by atoms with E-state index in [9.17, 15) is 4.79 Å². The second kappa shape index (κ2) is 4.41. The fraction of sp³-hybridized carbons (Fsp3) is 0.143. The Morgan fingerprint density at radius 1 is 1.05 bits per heavy atom. The van der Waals surface area contributed by atoms with Crippen molar-refractivity contribution in [3.63, 3.8) is 0 Å². The van der Waals surface area contributed by atoms with Crippen LogP contribution in [-0.2, 0) is 0 Å². The lowest BCUT2D eigenvalue weighted by atomic mass is 10.1. The Kier molecular flexibility index (Phi) is 2.71. The minimum absolute atomic E-state index is 0.253. The normalized spacial score (nSPS) is 10.9. The zero-order valence-corrected chi connectivity index (χ0v) is 11.1. The Balaban J connectivity index is 2.50. The maximum atomic E-state index is 11.6. The number of methoxy groups -OCH3 is 2. The van der Waals surface area contributed by atoms with Gasteiger partial charge in [0.05, 0.1) is 19.7 Å². The van der Waals surface area contributed by atoms with E-state index in [1.54, 1.807) is 32.5 Å². The number of nitrogens with two attached hydrogens (primary N) is 1. The van der Waals surface area contributed by atoms with Crippen LogP contribution in [0, 0.1) is 0 Å². The van der Waals surface area contributed by atoms with Crippen molar-refractivity contribution >= 4 is 27.5 Å². The SMILES string of the molecule is COc1cc2ncc3c(N)[nH]c(=O)cc3c2cc1OC. The van der Waals surface area contributed by atoms with Crippen molar-refractivity contribution in [3.05, 3.63) is 34.7 Å². The molecule has 0 saturated heterocycles. The van der Waals surface area contributed by atoms with Gasteiger partial charge in [-0.05, 0) is 6.07 Å². The third-order valence-electron chi connectivity index (χ3n) is 3.24. The van der Waals surface area contributed by atoms with Gasteiger partial charge in [-0.15, -0.1) is 0 Å². The molecule has 0 unspecified atom stereocenters. The number of hydrogen-bond acceptors (Lipinski definition) is 5. The second-order valence-electron chi connectivity index (χ2n) is 4.36. The molecule has 3 N–H and O–H groups in total. The molecule has 3 rings (SSSR count). The van der Waals surface area contributed by atoms with Crippen molar-refractivity contribution in [3.8, 4) is 11.5 Å². The summed E-state index contributed by atoms with van der Waals surface area (Å²) in [6.45, 7) is 0. The highest BCUT2D eigenvalue weighted by Crippen LogP contribution is 2.34. The van der Waals surface area contributed by atoms with Crippen molar-refractivity contribution in [1.82, 2.24) is 9.97 Å². The van der Waals surface area contributed by atoms with Gasteiger partial charge in [-0.1, -0.05) is 0 Å². The average Bonchev–Trinajstić information content (AvgIpc) is 2.45. The van der Waals surface area contributed by atoms with Crippen molar-refractivity contribution in [2.24, 2.45) is 0 Å². The number of pyridine rings is 2. The number of hydrogen-bond donors (Lipinski definition) is 2. The number of ether oxygens (including phenoxy) is 2. The molecule has 0 saturated carbocycles. The van der Waals surface area contributed by atoms with Crippen LogP contribution in [0.15, 0.2) is 29.2 Å². The third kappa shape index (κ3) is 1.73. The zero-order chi connectivity index (χ0) is 14.3. The highest BCUT2D eigenvalue weighted by molar-refractivity contribution is 6.09. The molecule has 2 heterocycles. The summed E-state index contributed by atoms with van der Waals surface area (Å²) in [5.74, 6) is 1.47. The molecule has 2 aromatic heterocycles. The van der Waals surface area contributed by atoms with Crippen LogP contribution < -0.4 is 20.8 Å². The van der Waals surface area contributed by atoms with Gasteiger partial charge in [0.2, 0.25) is 5.56 Å². The highest BCUT2D eigenvalue weighted by atomic mass is 16.5. The van der Waals surface area contributed by atoms with Gasteiger partial charge >= 0.3 is 0 Å². The molecular formula is C14H13N3O3. The molecule has 0 aliphatic heterocycles. The minimum atomic E-state index is -0.253. The summed E-state index contributed by atoms with van der Waals surface area (Å²) in [5, 5.41) is 2.22. The molecule has 6 nitrogen and oxygen atoms in total. The van der Waals surface area contributed by atoms with Crippen LogP contribution in [0.25, 0.3) is 21.7 Å². The number of nitrogen functional groups attached to an aromatic ring is 1. The van der Waals surface area contributed by atoms with E-state index in [2.05, 4.69) is 9.97 Å². The molecule has 1 aromatic carbocycles. The number of benzene rings is 1. The van der Waals surface area contributed by atoms with E-state index < -0.39 is 0 Å². The monoisotopic (exact) mass is 271 g/mol. The number of anilines is 1. The average molecular weight is 271 g/mol. The lowest BCUT2D eigenvalue weighted by Gasteiger charge is -2.10. The third-order valence-corrected chi connectivity index (χ3v) is 3.24. The molecule has 0 fully saturated rings. The zero-order valence-electron chi connectivity index (χ0n) is 11.1. The number of fused-ring (bicyclic) bond motifs is 3. The topological polar surface area (TPSA) is 90.2 Å². The number of aromatic amines is 1. The standard InChI is InChI=1S/C14H13N3O3/c1-19-11-3-8-7-4-13(18)17-14(15)9(7)6-16-10(8)5-12(11)20-2/h3-6H,1-2H3,(H3,15,17,18). The fourth-order valence-electron chi connectivity index (χ4n) is 2.28. The van der Waals surface area contributed by atoms with Gasteiger partial charge in [-0.25, -0.2) is 0 Å². The summed E-state index contributed by atoms with van der Waals surface area (Å²) in [5.41, 5.74) is 6.28. The molecular weight excluding hydrogens is 258 g/mol.